The van der Waals surface area contributed by atoms with Gasteiger partial charge < -0.3 is 5.32 Å². The van der Waals surface area contributed by atoms with Gasteiger partial charge in [0.15, 0.2) is 0 Å². The van der Waals surface area contributed by atoms with E-state index in [1.54, 1.807) is 35.6 Å². The molecule has 1 amide bonds. The zero-order chi connectivity index (χ0) is 14.5. The zero-order valence-corrected chi connectivity index (χ0v) is 13.1. The van der Waals surface area contributed by atoms with E-state index in [1.807, 2.05) is 0 Å². The fraction of sp³-hybridized carbons (Fsp3) is 0.333. The number of nitrogens with zero attached hydrogens (tertiary/aromatic N) is 1. The molecule has 0 unspecified atom stereocenters. The molecular weight excluding hydrogens is 292 g/mol. The second kappa shape index (κ2) is 6.86. The molecule has 20 heavy (non-hydrogen) atoms. The smallest absolute Gasteiger partial charge is 0.251 e. The minimum atomic E-state index is -0.104. The summed E-state index contributed by atoms with van der Waals surface area (Å²) in [5, 5.41) is 6.59. The Labute approximate surface area is 128 Å². The Morgan fingerprint density at radius 2 is 2.25 bits per heavy atom. The van der Waals surface area contributed by atoms with Gasteiger partial charge in [-0.25, -0.2) is 4.98 Å². The number of hydrogen-bond donors (Lipinski definition) is 1. The highest BCUT2D eigenvalue weighted by Gasteiger charge is 2.08. The molecule has 1 aromatic carbocycles. The van der Waals surface area contributed by atoms with Crippen LogP contribution in [-0.2, 0) is 6.42 Å². The first-order valence-corrected chi connectivity index (χ1v) is 7.80. The average Bonchev–Trinajstić information content (AvgIpc) is 2.87. The van der Waals surface area contributed by atoms with Crippen LogP contribution in [0.5, 0.6) is 0 Å². The van der Waals surface area contributed by atoms with Gasteiger partial charge in [-0.1, -0.05) is 31.5 Å². The molecule has 0 spiro atoms. The minimum absolute atomic E-state index is 0.104. The van der Waals surface area contributed by atoms with Gasteiger partial charge in [0.05, 0.1) is 10.7 Å². The van der Waals surface area contributed by atoms with E-state index in [2.05, 4.69) is 29.5 Å². The molecule has 0 radical (unpaired) electrons. The molecule has 2 aromatic rings. The van der Waals surface area contributed by atoms with Crippen molar-refractivity contribution in [2.75, 3.05) is 6.54 Å². The number of thiazole rings is 1. The van der Waals surface area contributed by atoms with E-state index in [-0.39, 0.29) is 5.91 Å². The quantitative estimate of drug-likeness (QED) is 0.910. The molecule has 0 atom stereocenters. The monoisotopic (exact) mass is 308 g/mol. The van der Waals surface area contributed by atoms with Crippen LogP contribution in [0.1, 0.15) is 40.8 Å². The van der Waals surface area contributed by atoms with Gasteiger partial charge in [0.1, 0.15) is 0 Å². The third-order valence-electron chi connectivity index (χ3n) is 2.87. The Kier molecular flexibility index (Phi) is 5.15. The maximum Gasteiger partial charge on any atom is 0.251 e. The minimum Gasteiger partial charge on any atom is -0.352 e. The Bertz CT molecular complexity index is 595. The van der Waals surface area contributed by atoms with Gasteiger partial charge in [0, 0.05) is 28.9 Å². The molecule has 0 bridgehead atoms. The standard InChI is InChI=1S/C15H17ClN2OS/c1-10(2)13-9-20-14(18-13)6-7-17-15(19)11-4-3-5-12(16)8-11/h3-5,8-10H,6-7H2,1-2H3,(H,17,19). The lowest BCUT2D eigenvalue weighted by atomic mass is 10.2. The molecule has 0 aliphatic heterocycles. The Morgan fingerprint density at radius 1 is 1.45 bits per heavy atom. The fourth-order valence-electron chi connectivity index (χ4n) is 1.72. The summed E-state index contributed by atoms with van der Waals surface area (Å²) in [5.41, 5.74) is 1.70. The van der Waals surface area contributed by atoms with Crippen LogP contribution in [-0.4, -0.2) is 17.4 Å². The Balaban J connectivity index is 1.84. The molecule has 5 heteroatoms. The SMILES string of the molecule is CC(C)c1csc(CCNC(=O)c2cccc(Cl)c2)n1. The molecule has 106 valence electrons. The third kappa shape index (κ3) is 4.05. The number of halogens is 1. The van der Waals surface area contributed by atoms with E-state index < -0.39 is 0 Å². The van der Waals surface area contributed by atoms with E-state index in [4.69, 9.17) is 11.6 Å². The topological polar surface area (TPSA) is 42.0 Å². The molecule has 0 aliphatic rings. The van der Waals surface area contributed by atoms with Gasteiger partial charge in [0.2, 0.25) is 0 Å². The van der Waals surface area contributed by atoms with Crippen LogP contribution in [0.15, 0.2) is 29.6 Å². The maximum atomic E-state index is 11.9. The van der Waals surface area contributed by atoms with Crippen LogP contribution in [0.25, 0.3) is 0 Å². The summed E-state index contributed by atoms with van der Waals surface area (Å²) in [6.45, 7) is 4.83. The van der Waals surface area contributed by atoms with E-state index in [0.717, 1.165) is 17.1 Å². The summed E-state index contributed by atoms with van der Waals surface area (Å²) in [5.74, 6) is 0.342. The normalized spacial score (nSPS) is 10.8. The van der Waals surface area contributed by atoms with Gasteiger partial charge in [-0.05, 0) is 24.1 Å². The van der Waals surface area contributed by atoms with E-state index in [0.29, 0.717) is 23.0 Å². The van der Waals surface area contributed by atoms with Crippen molar-refractivity contribution in [3.05, 3.63) is 50.9 Å². The first-order chi connectivity index (χ1) is 9.56. The van der Waals surface area contributed by atoms with E-state index in [9.17, 15) is 4.79 Å². The highest BCUT2D eigenvalue weighted by Crippen LogP contribution is 2.17. The number of hydrogen-bond acceptors (Lipinski definition) is 3. The van der Waals surface area contributed by atoms with E-state index in [1.165, 1.54) is 0 Å². The molecule has 2 rings (SSSR count). The number of carbonyl (C=O) groups is 1. The molecule has 1 heterocycles. The van der Waals surface area contributed by atoms with E-state index >= 15 is 0 Å². The van der Waals surface area contributed by atoms with Gasteiger partial charge >= 0.3 is 0 Å². The first-order valence-electron chi connectivity index (χ1n) is 6.54. The number of aromatic nitrogens is 1. The van der Waals surface area contributed by atoms with Crippen LogP contribution in [0, 0.1) is 0 Å². The summed E-state index contributed by atoms with van der Waals surface area (Å²) < 4.78 is 0. The lowest BCUT2D eigenvalue weighted by Gasteiger charge is -2.04. The molecule has 0 aliphatic carbocycles. The predicted molar refractivity (Wildman–Crippen MR) is 83.7 cm³/mol. The summed E-state index contributed by atoms with van der Waals surface area (Å²) in [6.07, 6.45) is 0.754. The van der Waals surface area contributed by atoms with Crippen LogP contribution >= 0.6 is 22.9 Å². The lowest BCUT2D eigenvalue weighted by Crippen LogP contribution is -2.25. The summed E-state index contributed by atoms with van der Waals surface area (Å²) in [6, 6.07) is 6.94. The van der Waals surface area contributed by atoms with Crippen molar-refractivity contribution in [1.29, 1.82) is 0 Å². The van der Waals surface area contributed by atoms with Crippen molar-refractivity contribution >= 4 is 28.8 Å². The number of rotatable bonds is 5. The average molecular weight is 309 g/mol. The Hall–Kier alpha value is -1.39. The summed E-state index contributed by atoms with van der Waals surface area (Å²) in [4.78, 5) is 16.5. The van der Waals surface area contributed by atoms with Crippen LogP contribution in [0.4, 0.5) is 0 Å². The predicted octanol–water partition coefficient (Wildman–Crippen LogP) is 3.89. The molecule has 0 saturated carbocycles. The van der Waals surface area contributed by atoms with Crippen molar-refractivity contribution < 1.29 is 4.79 Å². The first kappa shape index (κ1) is 15.0. The number of amides is 1. The second-order valence-electron chi connectivity index (χ2n) is 4.84. The highest BCUT2D eigenvalue weighted by molar-refractivity contribution is 7.09. The zero-order valence-electron chi connectivity index (χ0n) is 11.5. The number of nitrogens with one attached hydrogen (secondary N) is 1. The molecule has 1 N–H and O–H groups in total. The van der Waals surface area contributed by atoms with Crippen molar-refractivity contribution in [3.8, 4) is 0 Å². The van der Waals surface area contributed by atoms with Crippen molar-refractivity contribution in [2.45, 2.75) is 26.2 Å². The highest BCUT2D eigenvalue weighted by atomic mass is 35.5. The molecule has 0 saturated heterocycles. The van der Waals surface area contributed by atoms with Gasteiger partial charge in [-0.2, -0.15) is 0 Å². The largest absolute Gasteiger partial charge is 0.352 e. The summed E-state index contributed by atoms with van der Waals surface area (Å²) in [7, 11) is 0. The fourth-order valence-corrected chi connectivity index (χ4v) is 2.87. The van der Waals surface area contributed by atoms with Crippen molar-refractivity contribution in [2.24, 2.45) is 0 Å². The lowest BCUT2D eigenvalue weighted by molar-refractivity contribution is 0.0954. The molecule has 0 fully saturated rings. The van der Waals surface area contributed by atoms with Gasteiger partial charge in [0.25, 0.3) is 5.91 Å². The van der Waals surface area contributed by atoms with Crippen molar-refractivity contribution in [1.82, 2.24) is 10.3 Å². The molecule has 1 aromatic heterocycles. The van der Waals surface area contributed by atoms with Crippen LogP contribution in [0.3, 0.4) is 0 Å². The molecular formula is C15H17ClN2OS. The number of carbonyl (C=O) groups excluding carboxylic acids is 1. The Morgan fingerprint density at radius 3 is 2.90 bits per heavy atom. The van der Waals surface area contributed by atoms with Gasteiger partial charge in [-0.3, -0.25) is 4.79 Å². The molecule has 3 nitrogen and oxygen atoms in total. The number of benzene rings is 1. The van der Waals surface area contributed by atoms with Gasteiger partial charge in [-0.15, -0.1) is 11.3 Å². The second-order valence-corrected chi connectivity index (χ2v) is 6.22. The van der Waals surface area contributed by atoms with Crippen LogP contribution < -0.4 is 5.32 Å². The summed E-state index contributed by atoms with van der Waals surface area (Å²) >= 11 is 7.51. The van der Waals surface area contributed by atoms with Crippen LogP contribution in [0.2, 0.25) is 5.02 Å². The third-order valence-corrected chi connectivity index (χ3v) is 4.03. The van der Waals surface area contributed by atoms with Crippen molar-refractivity contribution in [3.63, 3.8) is 0 Å². The maximum absolute atomic E-state index is 11.9.